The van der Waals surface area contributed by atoms with E-state index in [1.807, 2.05) is 26.8 Å². The highest BCUT2D eigenvalue weighted by molar-refractivity contribution is 6.29. The molecule has 5 rings (SSSR count). The van der Waals surface area contributed by atoms with Crippen LogP contribution < -0.4 is 0 Å². The van der Waals surface area contributed by atoms with Gasteiger partial charge in [-0.2, -0.15) is 0 Å². The summed E-state index contributed by atoms with van der Waals surface area (Å²) in [5, 5.41) is 5.37. The van der Waals surface area contributed by atoms with Crippen LogP contribution >= 0.6 is 23.2 Å². The summed E-state index contributed by atoms with van der Waals surface area (Å²) in [5.41, 5.74) is -2.19. The molecule has 188 valence electrons. The molecular weight excluding hydrogens is 491 g/mol. The van der Waals surface area contributed by atoms with E-state index in [2.05, 4.69) is 0 Å². The molecule has 3 saturated carbocycles. The molecule has 1 N–H and O–H groups in total. The number of fused-ring (bicyclic) bond motifs is 5. The number of rotatable bonds is 5. The second-order valence-corrected chi connectivity index (χ2v) is 11.9. The summed E-state index contributed by atoms with van der Waals surface area (Å²) in [6, 6.07) is 3.07. The van der Waals surface area contributed by atoms with Crippen LogP contribution in [-0.2, 0) is 14.3 Å². The van der Waals surface area contributed by atoms with Crippen LogP contribution in [0.15, 0.2) is 46.6 Å². The largest absolute Gasteiger partial charge is 0.457 e. The van der Waals surface area contributed by atoms with Gasteiger partial charge >= 0.3 is 5.97 Å². The quantitative estimate of drug-likeness (QED) is 0.438. The zero-order valence-corrected chi connectivity index (χ0v) is 21.5. The summed E-state index contributed by atoms with van der Waals surface area (Å²) in [6.45, 7) is 5.85. The number of hydrogen-bond donors (Lipinski definition) is 1. The number of Topliss-reactive ketones (excluding diaryl/α,β-unsaturated/α-hetero) is 1. The van der Waals surface area contributed by atoms with Gasteiger partial charge in [-0.3, -0.25) is 9.59 Å². The Labute approximate surface area is 216 Å². The third-order valence-corrected chi connectivity index (χ3v) is 10.8. The topological polar surface area (TPSA) is 93.8 Å². The molecule has 0 radical (unpaired) electrons. The lowest BCUT2D eigenvalue weighted by molar-refractivity contribution is -0.177. The average Bonchev–Trinajstić information content (AvgIpc) is 3.46. The molecule has 0 bridgehead atoms. The number of ether oxygens (including phenoxy) is 1. The minimum absolute atomic E-state index is 0.00348. The molecule has 0 aromatic carbocycles. The maximum Gasteiger partial charge on any atom is 0.375 e. The molecule has 0 aliphatic heterocycles. The number of furan rings is 1. The number of esters is 1. The maximum atomic E-state index is 13.7. The Balaban J connectivity index is 1.64. The van der Waals surface area contributed by atoms with Crippen molar-refractivity contribution < 1.29 is 28.6 Å². The van der Waals surface area contributed by atoms with Crippen LogP contribution in [0.5, 0.6) is 0 Å². The average molecular weight is 522 g/mol. The first-order valence-corrected chi connectivity index (χ1v) is 13.0. The summed E-state index contributed by atoms with van der Waals surface area (Å²) in [6.07, 6.45) is 7.75. The summed E-state index contributed by atoms with van der Waals surface area (Å²) in [5.74, 6) is -2.13. The summed E-state index contributed by atoms with van der Waals surface area (Å²) >= 11 is 13.7. The lowest BCUT2D eigenvalue weighted by atomic mass is 9.45. The summed E-state index contributed by atoms with van der Waals surface area (Å²) < 4.78 is 19.5. The molecular formula is C27H30Cl2O6. The van der Waals surface area contributed by atoms with E-state index in [9.17, 15) is 14.4 Å². The number of carbonyl (C=O) groups excluding carboxylic acids is 3. The molecule has 4 aliphatic carbocycles. The smallest absolute Gasteiger partial charge is 0.375 e. The predicted octanol–water partition coefficient (Wildman–Crippen LogP) is 4.87. The SMILES string of the molecule is [2H]O[C@H]1C[C@@]2(C)[C@@H](C[C@@H](C)[C@]2(OC(=O)c2ccco2)C(=O)CCl)[C@@H]2CCC3=CC(=O)C=C[C@]3(C)[C@@]12Cl. The highest BCUT2D eigenvalue weighted by atomic mass is 35.5. The number of allylic oxidation sites excluding steroid dienone is 4. The van der Waals surface area contributed by atoms with Crippen molar-refractivity contribution in [1.29, 1.82) is 1.43 Å². The molecule has 0 amide bonds. The van der Waals surface area contributed by atoms with E-state index in [4.69, 9.17) is 38.9 Å². The first-order valence-electron chi connectivity index (χ1n) is 12.5. The van der Waals surface area contributed by atoms with E-state index < -0.39 is 33.4 Å². The highest BCUT2D eigenvalue weighted by Gasteiger charge is 2.76. The Kier molecular flexibility index (Phi) is 5.41. The third kappa shape index (κ3) is 3.02. The Hall–Kier alpha value is -1.89. The summed E-state index contributed by atoms with van der Waals surface area (Å²) in [7, 11) is 0. The molecule has 1 aromatic heterocycles. The second kappa shape index (κ2) is 8.06. The fourth-order valence-electron chi connectivity index (χ4n) is 8.05. The number of halogens is 2. The Morgan fingerprint density at radius 3 is 2.77 bits per heavy atom. The van der Waals surface area contributed by atoms with E-state index in [0.29, 0.717) is 19.3 Å². The van der Waals surface area contributed by atoms with Crippen LogP contribution in [0.25, 0.3) is 0 Å². The van der Waals surface area contributed by atoms with E-state index in [1.54, 1.807) is 12.1 Å². The number of aliphatic hydroxyl groups is 1. The lowest BCUT2D eigenvalue weighted by Gasteiger charge is -2.64. The summed E-state index contributed by atoms with van der Waals surface area (Å²) in [4.78, 5) is 38.0. The van der Waals surface area contributed by atoms with Crippen LogP contribution in [0.4, 0.5) is 0 Å². The van der Waals surface area contributed by atoms with Crippen molar-refractivity contribution in [3.05, 3.63) is 48.0 Å². The van der Waals surface area contributed by atoms with Gasteiger partial charge in [0, 0.05) is 16.7 Å². The van der Waals surface area contributed by atoms with Crippen molar-refractivity contribution in [2.75, 3.05) is 5.88 Å². The first kappa shape index (κ1) is 23.5. The van der Waals surface area contributed by atoms with E-state index in [0.717, 1.165) is 5.57 Å². The molecule has 0 unspecified atom stereocenters. The van der Waals surface area contributed by atoms with Crippen LogP contribution in [0.3, 0.4) is 0 Å². The second-order valence-electron chi connectivity index (χ2n) is 11.0. The zero-order valence-electron chi connectivity index (χ0n) is 21.0. The van der Waals surface area contributed by atoms with Crippen LogP contribution in [0.2, 0.25) is 0 Å². The van der Waals surface area contributed by atoms with Gasteiger partial charge in [-0.05, 0) is 61.8 Å². The van der Waals surface area contributed by atoms with Gasteiger partial charge in [0.05, 0.1) is 23.1 Å². The molecule has 3 fully saturated rings. The zero-order chi connectivity index (χ0) is 26.1. The highest BCUT2D eigenvalue weighted by Crippen LogP contribution is 2.72. The van der Waals surface area contributed by atoms with Gasteiger partial charge < -0.3 is 14.3 Å². The van der Waals surface area contributed by atoms with E-state index in [1.165, 1.54) is 18.4 Å². The first-order chi connectivity index (χ1) is 17.0. The van der Waals surface area contributed by atoms with Crippen molar-refractivity contribution >= 4 is 40.7 Å². The van der Waals surface area contributed by atoms with Gasteiger partial charge in [-0.25, -0.2) is 4.79 Å². The number of hydrogen-bond acceptors (Lipinski definition) is 6. The van der Waals surface area contributed by atoms with Gasteiger partial charge in [-0.15, -0.1) is 23.2 Å². The molecule has 0 spiro atoms. The standard InChI is InChI=1S/C27H30Cl2O6/c1-15-11-19-18-7-6-16-12-17(30)8-9-24(16,2)26(18,29)21(31)13-25(19,3)27(15,22(32)14-28)35-23(33)20-5-4-10-34-20/h4-5,8-10,12,15,18-19,21,31H,6-7,11,13-14H2,1-3H3/t15-,18+,19+,21+,24+,25+,26+,27+/m1/s1/i31D. The Morgan fingerprint density at radius 1 is 1.34 bits per heavy atom. The minimum Gasteiger partial charge on any atom is -0.457 e. The molecule has 0 saturated heterocycles. The van der Waals surface area contributed by atoms with Crippen LogP contribution in [-0.4, -0.2) is 46.5 Å². The van der Waals surface area contributed by atoms with Crippen molar-refractivity contribution in [1.82, 2.24) is 0 Å². The maximum absolute atomic E-state index is 13.7. The Morgan fingerprint density at radius 2 is 2.11 bits per heavy atom. The van der Waals surface area contributed by atoms with Gasteiger partial charge in [0.2, 0.25) is 7.19 Å². The molecule has 4 aliphatic rings. The molecule has 1 heterocycles. The van der Waals surface area contributed by atoms with Gasteiger partial charge in [0.1, 0.15) is 0 Å². The Bertz CT molecular complexity index is 1160. The van der Waals surface area contributed by atoms with Crippen LogP contribution in [0.1, 0.15) is 57.0 Å². The number of alkyl halides is 2. The number of aliphatic hydroxyl groups excluding tert-OH is 1. The number of ketones is 2. The van der Waals surface area contributed by atoms with Crippen molar-refractivity contribution in [2.24, 2.45) is 28.6 Å². The van der Waals surface area contributed by atoms with E-state index in [-0.39, 0.29) is 47.4 Å². The van der Waals surface area contributed by atoms with Crippen molar-refractivity contribution in [3.8, 4) is 0 Å². The van der Waals surface area contributed by atoms with Crippen LogP contribution in [0, 0.1) is 28.6 Å². The van der Waals surface area contributed by atoms with Crippen molar-refractivity contribution in [3.63, 3.8) is 0 Å². The molecule has 8 atom stereocenters. The minimum atomic E-state index is -1.53. The van der Waals surface area contributed by atoms with E-state index >= 15 is 0 Å². The molecule has 8 heteroatoms. The van der Waals surface area contributed by atoms with Gasteiger partial charge in [0.25, 0.3) is 0 Å². The molecule has 1 aromatic rings. The van der Waals surface area contributed by atoms with Gasteiger partial charge in [-0.1, -0.05) is 32.4 Å². The molecule has 35 heavy (non-hydrogen) atoms. The fourth-order valence-corrected chi connectivity index (χ4v) is 8.77. The molecule has 6 nitrogen and oxygen atoms in total. The fraction of sp³-hybridized carbons (Fsp3) is 0.593. The lowest BCUT2D eigenvalue weighted by Crippen LogP contribution is -2.69. The monoisotopic (exact) mass is 521 g/mol. The van der Waals surface area contributed by atoms with Crippen molar-refractivity contribution in [2.45, 2.75) is 63.0 Å². The van der Waals surface area contributed by atoms with Gasteiger partial charge in [0.15, 0.2) is 17.2 Å². The predicted molar refractivity (Wildman–Crippen MR) is 130 cm³/mol. The number of carbonyl (C=O) groups is 3. The normalized spacial score (nSPS) is 44.5. The third-order valence-electron chi connectivity index (χ3n) is 9.67.